The number of urea groups is 1. The van der Waals surface area contributed by atoms with Gasteiger partial charge in [-0.25, -0.2) is 9.59 Å². The van der Waals surface area contributed by atoms with E-state index in [1.54, 1.807) is 0 Å². The molecule has 0 aliphatic carbocycles. The SMILES string of the molecule is O=C(NCc1nc(-c2ccsc2)no1)N[C@@H](CCc1ccccc1)C(=O)O. The van der Waals surface area contributed by atoms with E-state index in [1.807, 2.05) is 47.2 Å². The smallest absolute Gasteiger partial charge is 0.326 e. The average Bonchev–Trinajstić information content (AvgIpc) is 3.35. The highest BCUT2D eigenvalue weighted by Gasteiger charge is 2.20. The number of rotatable bonds is 8. The second-order valence-corrected chi connectivity index (χ2v) is 6.55. The van der Waals surface area contributed by atoms with Crippen molar-refractivity contribution in [2.45, 2.75) is 25.4 Å². The Hall–Kier alpha value is -3.20. The third kappa shape index (κ3) is 5.38. The molecule has 27 heavy (non-hydrogen) atoms. The van der Waals surface area contributed by atoms with E-state index in [0.29, 0.717) is 12.2 Å². The van der Waals surface area contributed by atoms with Gasteiger partial charge in [0.2, 0.25) is 11.7 Å². The molecule has 0 radical (unpaired) electrons. The molecule has 3 rings (SSSR count). The lowest BCUT2D eigenvalue weighted by atomic mass is 10.1. The third-order valence-corrected chi connectivity index (χ3v) is 4.50. The number of carbonyl (C=O) groups is 2. The van der Waals surface area contributed by atoms with E-state index in [-0.39, 0.29) is 18.9 Å². The first-order valence-corrected chi connectivity index (χ1v) is 9.22. The third-order valence-electron chi connectivity index (χ3n) is 3.82. The number of nitrogens with zero attached hydrogens (tertiary/aromatic N) is 2. The first-order chi connectivity index (χ1) is 13.1. The first kappa shape index (κ1) is 18.6. The van der Waals surface area contributed by atoms with Gasteiger partial charge in [0.25, 0.3) is 0 Å². The Morgan fingerprint density at radius 3 is 2.74 bits per heavy atom. The van der Waals surface area contributed by atoms with Gasteiger partial charge < -0.3 is 20.3 Å². The summed E-state index contributed by atoms with van der Waals surface area (Å²) in [6, 6.07) is 9.77. The normalized spacial score (nSPS) is 11.7. The summed E-state index contributed by atoms with van der Waals surface area (Å²) in [6.45, 7) is 0.00793. The number of aryl methyl sites for hydroxylation is 1. The van der Waals surface area contributed by atoms with Crippen LogP contribution in [0.25, 0.3) is 11.4 Å². The molecule has 0 bridgehead atoms. The Balaban J connectivity index is 1.48. The number of amides is 2. The molecule has 2 aromatic heterocycles. The maximum Gasteiger partial charge on any atom is 0.326 e. The lowest BCUT2D eigenvalue weighted by molar-refractivity contribution is -0.139. The van der Waals surface area contributed by atoms with E-state index >= 15 is 0 Å². The summed E-state index contributed by atoms with van der Waals surface area (Å²) in [7, 11) is 0. The van der Waals surface area contributed by atoms with E-state index < -0.39 is 18.0 Å². The van der Waals surface area contributed by atoms with E-state index in [9.17, 15) is 14.7 Å². The lowest BCUT2D eigenvalue weighted by Crippen LogP contribution is -2.46. The molecule has 0 spiro atoms. The van der Waals surface area contributed by atoms with Gasteiger partial charge in [0.05, 0.1) is 6.54 Å². The molecular formula is C18H18N4O4S. The highest BCUT2D eigenvalue weighted by Crippen LogP contribution is 2.18. The van der Waals surface area contributed by atoms with Crippen molar-refractivity contribution in [1.82, 2.24) is 20.8 Å². The van der Waals surface area contributed by atoms with Crippen molar-refractivity contribution >= 4 is 23.3 Å². The van der Waals surface area contributed by atoms with E-state index in [1.165, 1.54) is 11.3 Å². The van der Waals surface area contributed by atoms with Gasteiger partial charge in [-0.1, -0.05) is 35.5 Å². The van der Waals surface area contributed by atoms with Crippen LogP contribution in [0.1, 0.15) is 17.9 Å². The Labute approximate surface area is 159 Å². The van der Waals surface area contributed by atoms with Crippen LogP contribution in [0.15, 0.2) is 51.7 Å². The van der Waals surface area contributed by atoms with Gasteiger partial charge >= 0.3 is 12.0 Å². The van der Waals surface area contributed by atoms with Crippen LogP contribution >= 0.6 is 11.3 Å². The molecule has 3 aromatic rings. The molecule has 0 saturated carbocycles. The number of thiophene rings is 1. The fraction of sp³-hybridized carbons (Fsp3) is 0.222. The van der Waals surface area contributed by atoms with Crippen molar-refractivity contribution in [2.24, 2.45) is 0 Å². The van der Waals surface area contributed by atoms with Crippen LogP contribution < -0.4 is 10.6 Å². The Morgan fingerprint density at radius 1 is 1.22 bits per heavy atom. The fourth-order valence-electron chi connectivity index (χ4n) is 2.41. The number of hydrogen-bond acceptors (Lipinski definition) is 6. The summed E-state index contributed by atoms with van der Waals surface area (Å²) in [5.74, 6) is -0.402. The maximum absolute atomic E-state index is 12.0. The fourth-order valence-corrected chi connectivity index (χ4v) is 3.05. The predicted octanol–water partition coefficient (Wildman–Crippen LogP) is 2.68. The highest BCUT2D eigenvalue weighted by molar-refractivity contribution is 7.08. The van der Waals surface area contributed by atoms with Crippen molar-refractivity contribution in [3.05, 3.63) is 58.6 Å². The molecule has 9 heteroatoms. The van der Waals surface area contributed by atoms with Crippen LogP contribution in [0.5, 0.6) is 0 Å². The minimum Gasteiger partial charge on any atom is -0.480 e. The number of carboxylic acids is 1. The largest absolute Gasteiger partial charge is 0.480 e. The van der Waals surface area contributed by atoms with Crippen molar-refractivity contribution < 1.29 is 19.2 Å². The van der Waals surface area contributed by atoms with Crippen LogP contribution in [0.4, 0.5) is 4.79 Å². The molecule has 1 aromatic carbocycles. The van der Waals surface area contributed by atoms with E-state index in [2.05, 4.69) is 20.8 Å². The van der Waals surface area contributed by atoms with E-state index in [0.717, 1.165) is 11.1 Å². The molecule has 0 aliphatic rings. The molecule has 140 valence electrons. The highest BCUT2D eigenvalue weighted by atomic mass is 32.1. The minimum atomic E-state index is -1.08. The van der Waals surface area contributed by atoms with Gasteiger partial charge in [0, 0.05) is 10.9 Å². The second kappa shape index (κ2) is 8.95. The summed E-state index contributed by atoms with van der Waals surface area (Å²) in [6.07, 6.45) is 0.835. The molecule has 8 nitrogen and oxygen atoms in total. The van der Waals surface area contributed by atoms with Gasteiger partial charge in [-0.3, -0.25) is 0 Å². The van der Waals surface area contributed by atoms with Crippen LogP contribution in [0.2, 0.25) is 0 Å². The molecular weight excluding hydrogens is 368 g/mol. The van der Waals surface area contributed by atoms with Crippen LogP contribution in [0, 0.1) is 0 Å². The summed E-state index contributed by atoms with van der Waals surface area (Å²) in [5, 5.41) is 21.9. The first-order valence-electron chi connectivity index (χ1n) is 8.28. The zero-order valence-electron chi connectivity index (χ0n) is 14.3. The Kier molecular flexibility index (Phi) is 6.16. The second-order valence-electron chi connectivity index (χ2n) is 5.77. The number of benzene rings is 1. The maximum atomic E-state index is 12.0. The quantitative estimate of drug-likeness (QED) is 0.548. The van der Waals surface area contributed by atoms with Crippen molar-refractivity contribution in [3.8, 4) is 11.4 Å². The van der Waals surface area contributed by atoms with Gasteiger partial charge in [-0.2, -0.15) is 16.3 Å². The van der Waals surface area contributed by atoms with Crippen molar-refractivity contribution in [3.63, 3.8) is 0 Å². The summed E-state index contributed by atoms with van der Waals surface area (Å²) < 4.78 is 5.08. The summed E-state index contributed by atoms with van der Waals surface area (Å²) in [5.41, 5.74) is 1.85. The standard InChI is InChI=1S/C18H18N4O4S/c23-17(24)14(7-6-12-4-2-1-3-5-12)20-18(25)19-10-15-21-16(22-26-15)13-8-9-27-11-13/h1-5,8-9,11,14H,6-7,10H2,(H,23,24)(H2,19,20,25)/t14-/m0/s1. The molecule has 0 saturated heterocycles. The van der Waals surface area contributed by atoms with E-state index in [4.69, 9.17) is 4.52 Å². The number of carboxylic acid groups (broad SMARTS) is 1. The van der Waals surface area contributed by atoms with Crippen LogP contribution in [-0.4, -0.2) is 33.3 Å². The topological polar surface area (TPSA) is 117 Å². The monoisotopic (exact) mass is 386 g/mol. The van der Waals surface area contributed by atoms with Crippen molar-refractivity contribution in [2.75, 3.05) is 0 Å². The molecule has 2 heterocycles. The van der Waals surface area contributed by atoms with Crippen LogP contribution in [-0.2, 0) is 17.8 Å². The van der Waals surface area contributed by atoms with Gasteiger partial charge in [0.15, 0.2) is 0 Å². The summed E-state index contributed by atoms with van der Waals surface area (Å²) in [4.78, 5) is 27.6. The molecule has 0 unspecified atom stereocenters. The molecule has 2 amide bonds. The van der Waals surface area contributed by atoms with Crippen LogP contribution in [0.3, 0.4) is 0 Å². The Morgan fingerprint density at radius 2 is 2.04 bits per heavy atom. The minimum absolute atomic E-state index is 0.00793. The predicted molar refractivity (Wildman–Crippen MR) is 99.2 cm³/mol. The van der Waals surface area contributed by atoms with Gasteiger partial charge in [0.1, 0.15) is 6.04 Å². The number of aromatic nitrogens is 2. The summed E-state index contributed by atoms with van der Waals surface area (Å²) >= 11 is 1.52. The van der Waals surface area contributed by atoms with Gasteiger partial charge in [-0.15, -0.1) is 0 Å². The number of aliphatic carboxylic acids is 1. The average molecular weight is 386 g/mol. The lowest BCUT2D eigenvalue weighted by Gasteiger charge is -2.14. The molecule has 1 atom stereocenters. The zero-order chi connectivity index (χ0) is 19.1. The zero-order valence-corrected chi connectivity index (χ0v) is 15.1. The number of nitrogens with one attached hydrogen (secondary N) is 2. The molecule has 3 N–H and O–H groups in total. The molecule has 0 fully saturated rings. The number of carbonyl (C=O) groups excluding carboxylic acids is 1. The Bertz CT molecular complexity index is 880. The van der Waals surface area contributed by atoms with Gasteiger partial charge in [-0.05, 0) is 29.9 Å². The van der Waals surface area contributed by atoms with Crippen molar-refractivity contribution in [1.29, 1.82) is 0 Å². The molecule has 0 aliphatic heterocycles. The number of hydrogen-bond donors (Lipinski definition) is 3.